The first kappa shape index (κ1) is 19.6. The number of aromatic nitrogens is 3. The number of nitrogens with zero attached hydrogens (tertiary/aromatic N) is 3. The zero-order chi connectivity index (χ0) is 21.5. The van der Waals surface area contributed by atoms with Gasteiger partial charge in [-0.25, -0.2) is 9.07 Å². The molecule has 2 N–H and O–H groups in total. The quantitative estimate of drug-likeness (QED) is 0.621. The van der Waals surface area contributed by atoms with Gasteiger partial charge in [-0.05, 0) is 42.8 Å². The standard InChI is InChI=1S/C20H15F4N5O/c1-11-16(18(30)28-15-4-2-3-13(9-15)20(22,23)24)17(12-5-7-14(21)8-6-12)29-19(27-11)25-10-26-29/h2-10,17H,1H3,(H,28,30)(H,25,26,27)/t17-/m0/s1. The van der Waals surface area contributed by atoms with Crippen LogP contribution in [0.25, 0.3) is 0 Å². The van der Waals surface area contributed by atoms with E-state index in [1.54, 1.807) is 6.92 Å². The van der Waals surface area contributed by atoms with Crippen LogP contribution in [-0.2, 0) is 11.0 Å². The number of rotatable bonds is 3. The van der Waals surface area contributed by atoms with Crippen molar-refractivity contribution >= 4 is 17.5 Å². The van der Waals surface area contributed by atoms with Crippen molar-refractivity contribution in [1.29, 1.82) is 0 Å². The smallest absolute Gasteiger partial charge is 0.328 e. The Morgan fingerprint density at radius 3 is 2.60 bits per heavy atom. The largest absolute Gasteiger partial charge is 0.416 e. The van der Waals surface area contributed by atoms with Crippen LogP contribution in [0.3, 0.4) is 0 Å². The van der Waals surface area contributed by atoms with Crippen molar-refractivity contribution in [2.45, 2.75) is 19.1 Å². The Morgan fingerprint density at radius 1 is 1.17 bits per heavy atom. The topological polar surface area (TPSA) is 71.8 Å². The molecule has 6 nitrogen and oxygen atoms in total. The van der Waals surface area contributed by atoms with Crippen molar-refractivity contribution in [3.05, 3.63) is 83.1 Å². The van der Waals surface area contributed by atoms with Crippen molar-refractivity contribution in [1.82, 2.24) is 14.8 Å². The summed E-state index contributed by atoms with van der Waals surface area (Å²) in [7, 11) is 0. The van der Waals surface area contributed by atoms with Crippen LogP contribution in [0.1, 0.15) is 24.1 Å². The fourth-order valence-corrected chi connectivity index (χ4v) is 3.31. The molecule has 0 spiro atoms. The Labute approximate surface area is 168 Å². The summed E-state index contributed by atoms with van der Waals surface area (Å²) in [5.41, 5.74) is 0.364. The minimum absolute atomic E-state index is 0.00244. The Bertz CT molecular complexity index is 1130. The SMILES string of the molecule is CC1=C(C(=O)Nc2cccc(C(F)(F)F)c2)[C@H](c2ccc(F)cc2)n2ncnc2N1. The third-order valence-electron chi connectivity index (χ3n) is 4.67. The summed E-state index contributed by atoms with van der Waals surface area (Å²) >= 11 is 0. The second-order valence-corrected chi connectivity index (χ2v) is 6.68. The molecule has 30 heavy (non-hydrogen) atoms. The van der Waals surface area contributed by atoms with Crippen molar-refractivity contribution in [3.63, 3.8) is 0 Å². The number of nitrogens with one attached hydrogen (secondary N) is 2. The molecule has 10 heteroatoms. The van der Waals surface area contributed by atoms with Gasteiger partial charge in [0.25, 0.3) is 5.91 Å². The molecule has 0 saturated carbocycles. The first-order chi connectivity index (χ1) is 14.2. The third kappa shape index (κ3) is 3.63. The van der Waals surface area contributed by atoms with E-state index in [9.17, 15) is 22.4 Å². The van der Waals surface area contributed by atoms with E-state index in [0.717, 1.165) is 12.1 Å². The zero-order valence-corrected chi connectivity index (χ0v) is 15.5. The molecule has 3 aromatic rings. The number of alkyl halides is 3. The van der Waals surface area contributed by atoms with E-state index >= 15 is 0 Å². The van der Waals surface area contributed by atoms with Gasteiger partial charge in [0.15, 0.2) is 0 Å². The maximum atomic E-state index is 13.4. The normalized spacial score (nSPS) is 16.1. The van der Waals surface area contributed by atoms with Gasteiger partial charge in [-0.2, -0.15) is 23.3 Å². The van der Waals surface area contributed by atoms with E-state index in [2.05, 4.69) is 20.7 Å². The summed E-state index contributed by atoms with van der Waals surface area (Å²) in [6, 6.07) is 9.16. The number of carbonyl (C=O) groups excluding carboxylic acids is 1. The second kappa shape index (κ2) is 7.29. The van der Waals surface area contributed by atoms with E-state index in [1.165, 1.54) is 47.4 Å². The molecule has 1 aromatic heterocycles. The number of hydrogen-bond acceptors (Lipinski definition) is 4. The average Bonchev–Trinajstić information content (AvgIpc) is 3.15. The molecule has 154 valence electrons. The maximum Gasteiger partial charge on any atom is 0.416 e. The Balaban J connectivity index is 1.72. The summed E-state index contributed by atoms with van der Waals surface area (Å²) in [6.45, 7) is 1.65. The molecule has 0 bridgehead atoms. The monoisotopic (exact) mass is 417 g/mol. The molecule has 1 aliphatic rings. The van der Waals surface area contributed by atoms with Gasteiger partial charge in [0.1, 0.15) is 18.2 Å². The lowest BCUT2D eigenvalue weighted by atomic mass is 9.95. The Morgan fingerprint density at radius 2 is 1.90 bits per heavy atom. The van der Waals surface area contributed by atoms with Crippen LogP contribution in [0.5, 0.6) is 0 Å². The summed E-state index contributed by atoms with van der Waals surface area (Å²) in [4.78, 5) is 17.2. The van der Waals surface area contributed by atoms with Crippen LogP contribution < -0.4 is 10.6 Å². The van der Waals surface area contributed by atoms with Gasteiger partial charge in [-0.1, -0.05) is 18.2 Å². The molecular formula is C20H15F4N5O. The Hall–Kier alpha value is -3.69. The molecule has 2 heterocycles. The molecule has 0 saturated heterocycles. The minimum atomic E-state index is -4.53. The van der Waals surface area contributed by atoms with Gasteiger partial charge in [-0.3, -0.25) is 4.79 Å². The van der Waals surface area contributed by atoms with Crippen LogP contribution in [0.4, 0.5) is 29.2 Å². The van der Waals surface area contributed by atoms with Crippen LogP contribution in [0.15, 0.2) is 66.1 Å². The molecule has 0 unspecified atom stereocenters. The molecule has 0 fully saturated rings. The van der Waals surface area contributed by atoms with E-state index < -0.39 is 29.5 Å². The second-order valence-electron chi connectivity index (χ2n) is 6.68. The minimum Gasteiger partial charge on any atom is -0.328 e. The molecule has 4 rings (SSSR count). The fourth-order valence-electron chi connectivity index (χ4n) is 3.31. The van der Waals surface area contributed by atoms with Crippen molar-refractivity contribution < 1.29 is 22.4 Å². The predicted molar refractivity (Wildman–Crippen MR) is 101 cm³/mol. The van der Waals surface area contributed by atoms with Crippen molar-refractivity contribution in [2.24, 2.45) is 0 Å². The third-order valence-corrected chi connectivity index (χ3v) is 4.67. The van der Waals surface area contributed by atoms with Gasteiger partial charge in [0, 0.05) is 11.4 Å². The zero-order valence-electron chi connectivity index (χ0n) is 15.5. The highest BCUT2D eigenvalue weighted by atomic mass is 19.4. The average molecular weight is 417 g/mol. The number of benzene rings is 2. The number of fused-ring (bicyclic) bond motifs is 1. The van der Waals surface area contributed by atoms with Crippen molar-refractivity contribution in [3.8, 4) is 0 Å². The molecule has 1 aliphatic heterocycles. The molecular weight excluding hydrogens is 402 g/mol. The van der Waals surface area contributed by atoms with E-state index in [1.807, 2.05) is 0 Å². The number of allylic oxidation sites excluding steroid dienone is 1. The number of halogens is 4. The molecule has 0 aliphatic carbocycles. The van der Waals surface area contributed by atoms with E-state index in [-0.39, 0.29) is 11.3 Å². The van der Waals surface area contributed by atoms with Gasteiger partial charge < -0.3 is 10.6 Å². The molecule has 2 aromatic carbocycles. The van der Waals surface area contributed by atoms with Gasteiger partial charge in [0.05, 0.1) is 11.1 Å². The van der Waals surface area contributed by atoms with Crippen LogP contribution in [0, 0.1) is 5.82 Å². The molecule has 1 amide bonds. The highest BCUT2D eigenvalue weighted by Crippen LogP contribution is 2.36. The lowest BCUT2D eigenvalue weighted by molar-refractivity contribution is -0.137. The summed E-state index contributed by atoms with van der Waals surface area (Å²) in [6.07, 6.45) is -3.23. The first-order valence-electron chi connectivity index (χ1n) is 8.85. The van der Waals surface area contributed by atoms with Gasteiger partial charge in [-0.15, -0.1) is 0 Å². The van der Waals surface area contributed by atoms with Gasteiger partial charge >= 0.3 is 6.18 Å². The van der Waals surface area contributed by atoms with Crippen LogP contribution in [-0.4, -0.2) is 20.7 Å². The molecule has 1 atom stereocenters. The summed E-state index contributed by atoms with van der Waals surface area (Å²) < 4.78 is 53.8. The fraction of sp³-hybridized carbons (Fsp3) is 0.150. The maximum absolute atomic E-state index is 13.4. The van der Waals surface area contributed by atoms with E-state index in [4.69, 9.17) is 0 Å². The molecule has 0 radical (unpaired) electrons. The highest BCUT2D eigenvalue weighted by molar-refractivity contribution is 6.06. The summed E-state index contributed by atoms with van der Waals surface area (Å²) in [5, 5.41) is 9.62. The Kier molecular flexibility index (Phi) is 4.76. The first-order valence-corrected chi connectivity index (χ1v) is 8.85. The van der Waals surface area contributed by atoms with Crippen molar-refractivity contribution in [2.75, 3.05) is 10.6 Å². The number of anilines is 2. The summed E-state index contributed by atoms with van der Waals surface area (Å²) in [5.74, 6) is -0.672. The number of amides is 1. The lowest BCUT2D eigenvalue weighted by Gasteiger charge is -2.28. The van der Waals surface area contributed by atoms with Crippen LogP contribution >= 0.6 is 0 Å². The van der Waals surface area contributed by atoms with Crippen LogP contribution in [0.2, 0.25) is 0 Å². The number of hydrogen-bond donors (Lipinski definition) is 2. The number of carbonyl (C=O) groups is 1. The lowest BCUT2D eigenvalue weighted by Crippen LogP contribution is -2.31. The van der Waals surface area contributed by atoms with E-state index in [0.29, 0.717) is 17.2 Å². The predicted octanol–water partition coefficient (Wildman–Crippen LogP) is 4.36. The highest BCUT2D eigenvalue weighted by Gasteiger charge is 2.34. The van der Waals surface area contributed by atoms with Gasteiger partial charge in [0.2, 0.25) is 5.95 Å².